The lowest BCUT2D eigenvalue weighted by Crippen LogP contribution is -2.13. The molecule has 0 saturated heterocycles. The van der Waals surface area contributed by atoms with E-state index >= 15 is 0 Å². The van der Waals surface area contributed by atoms with E-state index in [2.05, 4.69) is 15.3 Å². The molecule has 0 aliphatic carbocycles. The zero-order valence-electron chi connectivity index (χ0n) is 8.29. The Bertz CT molecular complexity index is 500. The minimum atomic E-state index is -0.454. The highest BCUT2D eigenvalue weighted by molar-refractivity contribution is 6.04. The Balaban J connectivity index is 2.19. The fourth-order valence-electron chi connectivity index (χ4n) is 1.20. The molecule has 0 fully saturated rings. The second-order valence-corrected chi connectivity index (χ2v) is 3.06. The minimum Gasteiger partial charge on any atom is -0.505 e. The molecular formula is C11H9N3O2. The Hall–Kier alpha value is -2.43. The van der Waals surface area contributed by atoms with Gasteiger partial charge in [0, 0.05) is 24.3 Å². The summed E-state index contributed by atoms with van der Waals surface area (Å²) in [6.45, 7) is 0. The molecule has 0 spiro atoms. The molecule has 2 aromatic rings. The largest absolute Gasteiger partial charge is 0.505 e. The fraction of sp³-hybridized carbons (Fsp3) is 0. The maximum Gasteiger partial charge on any atom is 0.278 e. The Labute approximate surface area is 91.8 Å². The monoisotopic (exact) mass is 215 g/mol. The van der Waals surface area contributed by atoms with Crippen LogP contribution in [0.1, 0.15) is 10.5 Å². The van der Waals surface area contributed by atoms with Gasteiger partial charge in [-0.05, 0) is 24.3 Å². The first-order valence-corrected chi connectivity index (χ1v) is 4.63. The van der Waals surface area contributed by atoms with E-state index < -0.39 is 5.91 Å². The van der Waals surface area contributed by atoms with Gasteiger partial charge in [0.25, 0.3) is 5.91 Å². The van der Waals surface area contributed by atoms with E-state index in [0.29, 0.717) is 5.69 Å². The molecule has 0 aliphatic rings. The van der Waals surface area contributed by atoms with Gasteiger partial charge in [0.05, 0.1) is 0 Å². The molecule has 0 unspecified atom stereocenters. The van der Waals surface area contributed by atoms with Gasteiger partial charge >= 0.3 is 0 Å². The van der Waals surface area contributed by atoms with Crippen LogP contribution < -0.4 is 5.32 Å². The number of aromatic hydroxyl groups is 1. The Morgan fingerprint density at radius 2 is 1.94 bits per heavy atom. The van der Waals surface area contributed by atoms with Crippen molar-refractivity contribution in [3.63, 3.8) is 0 Å². The summed E-state index contributed by atoms with van der Waals surface area (Å²) in [5.41, 5.74) is 0.601. The van der Waals surface area contributed by atoms with Crippen LogP contribution in [0, 0.1) is 0 Å². The molecule has 80 valence electrons. The first kappa shape index (κ1) is 10.1. The summed E-state index contributed by atoms with van der Waals surface area (Å²) in [6.07, 6.45) is 4.57. The summed E-state index contributed by atoms with van der Waals surface area (Å²) in [6, 6.07) is 6.27. The first-order valence-electron chi connectivity index (χ1n) is 4.63. The molecule has 2 heterocycles. The summed E-state index contributed by atoms with van der Waals surface area (Å²) < 4.78 is 0. The highest BCUT2D eigenvalue weighted by Gasteiger charge is 2.11. The number of rotatable bonds is 2. The van der Waals surface area contributed by atoms with E-state index in [1.165, 1.54) is 12.3 Å². The smallest absolute Gasteiger partial charge is 0.278 e. The molecule has 2 N–H and O–H groups in total. The molecule has 5 nitrogen and oxygen atoms in total. The van der Waals surface area contributed by atoms with E-state index in [-0.39, 0.29) is 11.4 Å². The van der Waals surface area contributed by atoms with Crippen LogP contribution in [0.4, 0.5) is 5.69 Å². The molecule has 2 rings (SSSR count). The zero-order chi connectivity index (χ0) is 11.4. The second kappa shape index (κ2) is 4.39. The quantitative estimate of drug-likeness (QED) is 0.794. The lowest BCUT2D eigenvalue weighted by molar-refractivity contribution is 0.101. The average molecular weight is 215 g/mol. The van der Waals surface area contributed by atoms with Gasteiger partial charge in [-0.15, -0.1) is 0 Å². The van der Waals surface area contributed by atoms with E-state index in [9.17, 15) is 9.90 Å². The van der Waals surface area contributed by atoms with Crippen LogP contribution in [-0.2, 0) is 0 Å². The van der Waals surface area contributed by atoms with Gasteiger partial charge in [-0.25, -0.2) is 4.98 Å². The van der Waals surface area contributed by atoms with E-state index in [1.807, 2.05) is 0 Å². The number of carbonyl (C=O) groups excluding carboxylic acids is 1. The second-order valence-electron chi connectivity index (χ2n) is 3.06. The van der Waals surface area contributed by atoms with E-state index in [0.717, 1.165) is 0 Å². The summed E-state index contributed by atoms with van der Waals surface area (Å²) in [5.74, 6) is -0.599. The van der Waals surface area contributed by atoms with Crippen molar-refractivity contribution in [3.05, 3.63) is 48.5 Å². The number of anilines is 1. The summed E-state index contributed by atoms with van der Waals surface area (Å²) in [4.78, 5) is 19.3. The van der Waals surface area contributed by atoms with Gasteiger partial charge < -0.3 is 10.4 Å². The SMILES string of the molecule is O=C(Nc1ccncc1)c1ncccc1O. The van der Waals surface area contributed by atoms with Gasteiger partial charge in [-0.2, -0.15) is 0 Å². The predicted molar refractivity (Wildman–Crippen MR) is 58.1 cm³/mol. The van der Waals surface area contributed by atoms with Crippen molar-refractivity contribution in [3.8, 4) is 5.75 Å². The van der Waals surface area contributed by atoms with Crippen molar-refractivity contribution in [1.82, 2.24) is 9.97 Å². The lowest BCUT2D eigenvalue weighted by Gasteiger charge is -2.04. The number of aromatic nitrogens is 2. The van der Waals surface area contributed by atoms with Gasteiger partial charge in [0.1, 0.15) is 5.75 Å². The van der Waals surface area contributed by atoms with Crippen LogP contribution in [0.2, 0.25) is 0 Å². The molecule has 0 aliphatic heterocycles. The van der Waals surface area contributed by atoms with Crippen molar-refractivity contribution >= 4 is 11.6 Å². The predicted octanol–water partition coefficient (Wildman–Crippen LogP) is 1.43. The molecule has 0 saturated carbocycles. The van der Waals surface area contributed by atoms with Gasteiger partial charge in [0.2, 0.25) is 0 Å². The summed E-state index contributed by atoms with van der Waals surface area (Å²) >= 11 is 0. The van der Waals surface area contributed by atoms with Crippen LogP contribution in [0.3, 0.4) is 0 Å². The molecule has 1 amide bonds. The minimum absolute atomic E-state index is 0.000637. The maximum atomic E-state index is 11.7. The lowest BCUT2D eigenvalue weighted by atomic mass is 10.3. The van der Waals surface area contributed by atoms with E-state index in [1.54, 1.807) is 30.6 Å². The van der Waals surface area contributed by atoms with Gasteiger partial charge in [0.15, 0.2) is 5.69 Å². The molecule has 0 radical (unpaired) electrons. The van der Waals surface area contributed by atoms with Gasteiger partial charge in [-0.3, -0.25) is 9.78 Å². The molecule has 0 bridgehead atoms. The fourth-order valence-corrected chi connectivity index (χ4v) is 1.20. The van der Waals surface area contributed by atoms with Crippen LogP contribution in [0.25, 0.3) is 0 Å². The number of nitrogens with zero attached hydrogens (tertiary/aromatic N) is 2. The van der Waals surface area contributed by atoms with Crippen LogP contribution in [0.5, 0.6) is 5.75 Å². The Morgan fingerprint density at radius 1 is 1.19 bits per heavy atom. The van der Waals surface area contributed by atoms with Crippen LogP contribution >= 0.6 is 0 Å². The first-order chi connectivity index (χ1) is 7.77. The topological polar surface area (TPSA) is 75.1 Å². The van der Waals surface area contributed by atoms with Crippen LogP contribution in [-0.4, -0.2) is 21.0 Å². The molecular weight excluding hydrogens is 206 g/mol. The number of hydrogen-bond acceptors (Lipinski definition) is 4. The zero-order valence-corrected chi connectivity index (χ0v) is 8.29. The number of amides is 1. The Kier molecular flexibility index (Phi) is 2.77. The maximum absolute atomic E-state index is 11.7. The highest BCUT2D eigenvalue weighted by atomic mass is 16.3. The molecule has 0 atom stereocenters. The standard InChI is InChI=1S/C11H9N3O2/c15-9-2-1-5-13-10(9)11(16)14-8-3-6-12-7-4-8/h1-7,15H,(H,12,14,16). The Morgan fingerprint density at radius 3 is 2.62 bits per heavy atom. The molecule has 16 heavy (non-hydrogen) atoms. The number of pyridine rings is 2. The van der Waals surface area contributed by atoms with Gasteiger partial charge in [-0.1, -0.05) is 0 Å². The number of nitrogens with one attached hydrogen (secondary N) is 1. The van der Waals surface area contributed by atoms with E-state index in [4.69, 9.17) is 0 Å². The third kappa shape index (κ3) is 2.14. The third-order valence-electron chi connectivity index (χ3n) is 1.94. The van der Waals surface area contributed by atoms with Crippen molar-refractivity contribution in [2.45, 2.75) is 0 Å². The molecule has 2 aromatic heterocycles. The summed E-state index contributed by atoms with van der Waals surface area (Å²) in [5, 5.41) is 12.0. The number of hydrogen-bond donors (Lipinski definition) is 2. The van der Waals surface area contributed by atoms with Crippen molar-refractivity contribution < 1.29 is 9.90 Å². The highest BCUT2D eigenvalue weighted by Crippen LogP contribution is 2.14. The van der Waals surface area contributed by atoms with Crippen molar-refractivity contribution in [2.24, 2.45) is 0 Å². The normalized spacial score (nSPS) is 9.75. The molecule has 0 aromatic carbocycles. The average Bonchev–Trinajstić information content (AvgIpc) is 2.31. The molecule has 5 heteroatoms. The number of carbonyl (C=O) groups is 1. The van der Waals surface area contributed by atoms with Crippen molar-refractivity contribution in [2.75, 3.05) is 5.32 Å². The van der Waals surface area contributed by atoms with Crippen molar-refractivity contribution in [1.29, 1.82) is 0 Å². The summed E-state index contributed by atoms with van der Waals surface area (Å²) in [7, 11) is 0. The van der Waals surface area contributed by atoms with Crippen LogP contribution in [0.15, 0.2) is 42.9 Å². The third-order valence-corrected chi connectivity index (χ3v) is 1.94.